The molecule has 7 nitrogen and oxygen atoms in total. The fourth-order valence-corrected chi connectivity index (χ4v) is 4.36. The molecule has 1 saturated carbocycles. The van der Waals surface area contributed by atoms with Crippen molar-refractivity contribution in [3.63, 3.8) is 0 Å². The van der Waals surface area contributed by atoms with Crippen molar-refractivity contribution >= 4 is 23.9 Å². The molecule has 2 aromatic carbocycles. The maximum absolute atomic E-state index is 11.3. The van der Waals surface area contributed by atoms with Gasteiger partial charge in [0, 0.05) is 22.6 Å². The summed E-state index contributed by atoms with van der Waals surface area (Å²) in [6.07, 6.45) is 3.48. The molecule has 0 spiro atoms. The highest BCUT2D eigenvalue weighted by Crippen LogP contribution is 2.33. The van der Waals surface area contributed by atoms with Crippen LogP contribution in [-0.2, 0) is 0 Å². The SMILES string of the molecule is Cc1cccc(C)c1-c1cc(OC[C@H](N)CC2CC2)nc(NSc2cccc(C(=O)O)c2)n1. The van der Waals surface area contributed by atoms with Crippen molar-refractivity contribution in [1.82, 2.24) is 9.97 Å². The highest BCUT2D eigenvalue weighted by Gasteiger charge is 2.24. The third kappa shape index (κ3) is 6.24. The number of nitrogens with two attached hydrogens (primary N) is 1. The molecule has 0 aliphatic heterocycles. The van der Waals surface area contributed by atoms with Gasteiger partial charge in [-0.2, -0.15) is 4.98 Å². The van der Waals surface area contributed by atoms with Gasteiger partial charge < -0.3 is 15.6 Å². The van der Waals surface area contributed by atoms with Gasteiger partial charge in [0.1, 0.15) is 6.61 Å². The first-order valence-corrected chi connectivity index (χ1v) is 11.8. The van der Waals surface area contributed by atoms with Gasteiger partial charge in [0.05, 0.1) is 11.3 Å². The Bertz CT molecular complexity index is 1130. The molecule has 0 unspecified atom stereocenters. The number of hydrogen-bond acceptors (Lipinski definition) is 7. The van der Waals surface area contributed by atoms with Crippen molar-refractivity contribution in [2.45, 2.75) is 44.0 Å². The largest absolute Gasteiger partial charge is 0.478 e. The maximum atomic E-state index is 11.3. The van der Waals surface area contributed by atoms with Gasteiger partial charge >= 0.3 is 5.97 Å². The Hall–Kier alpha value is -3.10. The summed E-state index contributed by atoms with van der Waals surface area (Å²) in [4.78, 5) is 21.2. The summed E-state index contributed by atoms with van der Waals surface area (Å²) in [5, 5.41) is 9.23. The van der Waals surface area contributed by atoms with Gasteiger partial charge in [-0.3, -0.25) is 4.72 Å². The Kier molecular flexibility index (Phi) is 7.15. The zero-order chi connectivity index (χ0) is 23.4. The number of aromatic nitrogens is 2. The van der Waals surface area contributed by atoms with Crippen molar-refractivity contribution in [1.29, 1.82) is 0 Å². The van der Waals surface area contributed by atoms with E-state index in [9.17, 15) is 9.90 Å². The third-order valence-corrected chi connectivity index (χ3v) is 6.33. The van der Waals surface area contributed by atoms with Crippen molar-refractivity contribution in [2.24, 2.45) is 11.7 Å². The summed E-state index contributed by atoms with van der Waals surface area (Å²) in [5.74, 6) is 0.598. The van der Waals surface area contributed by atoms with Crippen LogP contribution >= 0.6 is 11.9 Å². The Labute approximate surface area is 197 Å². The topological polar surface area (TPSA) is 110 Å². The molecule has 1 atom stereocenters. The van der Waals surface area contributed by atoms with E-state index in [1.54, 1.807) is 18.2 Å². The van der Waals surface area contributed by atoms with E-state index in [0.717, 1.165) is 39.6 Å². The van der Waals surface area contributed by atoms with Crippen molar-refractivity contribution in [3.8, 4) is 17.1 Å². The van der Waals surface area contributed by atoms with Crippen LogP contribution in [0.3, 0.4) is 0 Å². The van der Waals surface area contributed by atoms with E-state index in [-0.39, 0.29) is 11.6 Å². The first-order valence-electron chi connectivity index (χ1n) is 11.0. The molecule has 1 aliphatic rings. The summed E-state index contributed by atoms with van der Waals surface area (Å²) in [6, 6.07) is 14.6. The van der Waals surface area contributed by atoms with Crippen LogP contribution in [0.1, 0.15) is 40.7 Å². The van der Waals surface area contributed by atoms with Crippen molar-refractivity contribution in [2.75, 3.05) is 11.3 Å². The first kappa shape index (κ1) is 23.1. The summed E-state index contributed by atoms with van der Waals surface area (Å²) < 4.78 is 9.12. The van der Waals surface area contributed by atoms with Gasteiger partial charge in [-0.1, -0.05) is 37.1 Å². The van der Waals surface area contributed by atoms with Crippen LogP contribution in [0.4, 0.5) is 5.95 Å². The monoisotopic (exact) mass is 464 g/mol. The molecular weight excluding hydrogens is 436 g/mol. The minimum Gasteiger partial charge on any atom is -0.478 e. The average Bonchev–Trinajstić information content (AvgIpc) is 3.60. The van der Waals surface area contributed by atoms with E-state index in [1.807, 2.05) is 18.2 Å². The van der Waals surface area contributed by atoms with Crippen LogP contribution in [0.2, 0.25) is 0 Å². The zero-order valence-electron chi connectivity index (χ0n) is 18.7. The van der Waals surface area contributed by atoms with Gasteiger partial charge in [0.25, 0.3) is 0 Å². The van der Waals surface area contributed by atoms with Crippen molar-refractivity contribution < 1.29 is 14.6 Å². The summed E-state index contributed by atoms with van der Waals surface area (Å²) in [7, 11) is 0. The summed E-state index contributed by atoms with van der Waals surface area (Å²) >= 11 is 1.25. The number of carbonyl (C=O) groups is 1. The fourth-order valence-electron chi connectivity index (χ4n) is 3.73. The number of nitrogens with zero attached hydrogens (tertiary/aromatic N) is 2. The zero-order valence-corrected chi connectivity index (χ0v) is 19.6. The number of benzene rings is 2. The smallest absolute Gasteiger partial charge is 0.335 e. The first-order chi connectivity index (χ1) is 15.9. The number of hydrogen-bond donors (Lipinski definition) is 3. The predicted molar refractivity (Wildman–Crippen MR) is 131 cm³/mol. The van der Waals surface area contributed by atoms with Crippen LogP contribution in [-0.4, -0.2) is 33.7 Å². The van der Waals surface area contributed by atoms with Gasteiger partial charge in [-0.15, -0.1) is 0 Å². The van der Waals surface area contributed by atoms with Crippen LogP contribution in [0, 0.1) is 19.8 Å². The van der Waals surface area contributed by atoms with E-state index in [2.05, 4.69) is 35.7 Å². The van der Waals surface area contributed by atoms with E-state index >= 15 is 0 Å². The standard InChI is InChI=1S/C25H28N4O3S/c1-15-5-3-6-16(2)23(15)21-13-22(32-14-19(26)11-17-9-10-17)28-25(27-21)29-33-20-8-4-7-18(12-20)24(30)31/h3-8,12-13,17,19H,9-11,14,26H2,1-2H3,(H,30,31)(H,27,28,29)/t19-/m1/s1. The second kappa shape index (κ2) is 10.2. The molecule has 4 rings (SSSR count). The number of carboxylic acids is 1. The number of aromatic carboxylic acids is 1. The molecule has 33 heavy (non-hydrogen) atoms. The molecule has 172 valence electrons. The lowest BCUT2D eigenvalue weighted by atomic mass is 10.00. The molecule has 4 N–H and O–H groups in total. The minimum absolute atomic E-state index is 0.0272. The van der Waals surface area contributed by atoms with E-state index in [0.29, 0.717) is 18.4 Å². The number of aryl methyl sites for hydroxylation is 2. The minimum atomic E-state index is -0.969. The molecule has 1 heterocycles. The Balaban J connectivity index is 1.57. The van der Waals surface area contributed by atoms with Crippen molar-refractivity contribution in [3.05, 3.63) is 65.2 Å². The quantitative estimate of drug-likeness (QED) is 0.356. The van der Waals surface area contributed by atoms with E-state index < -0.39 is 5.97 Å². The highest BCUT2D eigenvalue weighted by molar-refractivity contribution is 8.00. The molecule has 1 aliphatic carbocycles. The molecule has 3 aromatic rings. The lowest BCUT2D eigenvalue weighted by Crippen LogP contribution is -2.28. The second-order valence-corrected chi connectivity index (χ2v) is 9.35. The Morgan fingerprint density at radius 2 is 1.91 bits per heavy atom. The average molecular weight is 465 g/mol. The predicted octanol–water partition coefficient (Wildman–Crippen LogP) is 5.08. The van der Waals surface area contributed by atoms with Gasteiger partial charge in [0.15, 0.2) is 0 Å². The molecule has 0 saturated heterocycles. The van der Waals surface area contributed by atoms with Crippen LogP contribution in [0.5, 0.6) is 5.88 Å². The summed E-state index contributed by atoms with van der Waals surface area (Å²) in [6.45, 7) is 4.50. The molecule has 0 radical (unpaired) electrons. The molecule has 1 aromatic heterocycles. The fraction of sp³-hybridized carbons (Fsp3) is 0.320. The Morgan fingerprint density at radius 3 is 2.61 bits per heavy atom. The van der Waals surface area contributed by atoms with Gasteiger partial charge in [0.2, 0.25) is 11.8 Å². The van der Waals surface area contributed by atoms with Crippen LogP contribution < -0.4 is 15.2 Å². The summed E-state index contributed by atoms with van der Waals surface area (Å²) in [5.41, 5.74) is 10.5. The number of ether oxygens (including phenoxy) is 1. The normalized spacial score (nSPS) is 14.0. The third-order valence-electron chi connectivity index (χ3n) is 5.56. The lowest BCUT2D eigenvalue weighted by molar-refractivity contribution is 0.0696. The molecular formula is C25H28N4O3S. The lowest BCUT2D eigenvalue weighted by Gasteiger charge is -2.15. The van der Waals surface area contributed by atoms with Gasteiger partial charge in [-0.05, 0) is 67.5 Å². The number of nitrogens with one attached hydrogen (secondary N) is 1. The molecule has 0 bridgehead atoms. The van der Waals surface area contributed by atoms with Gasteiger partial charge in [-0.25, -0.2) is 9.78 Å². The van der Waals surface area contributed by atoms with Crippen LogP contribution in [0.25, 0.3) is 11.3 Å². The second-order valence-electron chi connectivity index (χ2n) is 8.47. The van der Waals surface area contributed by atoms with E-state index in [4.69, 9.17) is 15.5 Å². The number of rotatable bonds is 10. The van der Waals surface area contributed by atoms with Crippen LogP contribution in [0.15, 0.2) is 53.4 Å². The molecule has 8 heteroatoms. The Morgan fingerprint density at radius 1 is 1.18 bits per heavy atom. The number of anilines is 1. The number of carboxylic acid groups (broad SMARTS) is 1. The maximum Gasteiger partial charge on any atom is 0.335 e. The molecule has 1 fully saturated rings. The van der Waals surface area contributed by atoms with E-state index in [1.165, 1.54) is 24.8 Å². The highest BCUT2D eigenvalue weighted by atomic mass is 32.2. The molecule has 0 amide bonds.